The molecule has 0 fully saturated rings. The smallest absolute Gasteiger partial charge is 0.346 e. The van der Waals surface area contributed by atoms with Crippen molar-refractivity contribution in [3.63, 3.8) is 0 Å². The van der Waals surface area contributed by atoms with Crippen molar-refractivity contribution in [2.75, 3.05) is 21.1 Å². The van der Waals surface area contributed by atoms with E-state index in [9.17, 15) is 0 Å². The van der Waals surface area contributed by atoms with Crippen molar-refractivity contribution < 1.29 is 21.7 Å². The first kappa shape index (κ1) is 15.6. The molecule has 0 atom stereocenters. The van der Waals surface area contributed by atoms with Gasteiger partial charge in [0.2, 0.25) is 0 Å². The van der Waals surface area contributed by atoms with Crippen molar-refractivity contribution in [3.8, 4) is 0 Å². The summed E-state index contributed by atoms with van der Waals surface area (Å²) < 4.78 is 0. The molecule has 0 aromatic rings. The fourth-order valence-electron chi connectivity index (χ4n) is 0. The molecule has 1 nitrogen and oxygen atoms in total. The van der Waals surface area contributed by atoms with Crippen LogP contribution in [0.3, 0.4) is 0 Å². The van der Waals surface area contributed by atoms with E-state index in [4.69, 9.17) is 0 Å². The van der Waals surface area contributed by atoms with Crippen molar-refractivity contribution in [1.29, 1.82) is 0 Å². The van der Waals surface area contributed by atoms with Gasteiger partial charge in [0.1, 0.15) is 0 Å². The minimum absolute atomic E-state index is 0. The Labute approximate surface area is 62.0 Å². The van der Waals surface area contributed by atoms with Crippen LogP contribution in [0.5, 0.6) is 0 Å². The molecule has 0 heterocycles. The van der Waals surface area contributed by atoms with E-state index in [1.807, 2.05) is 26.0 Å². The molecule has 0 aliphatic rings. The first-order chi connectivity index (χ1) is 2.73. The summed E-state index contributed by atoms with van der Waals surface area (Å²) in [6.45, 7) is 5.00. The quantitative estimate of drug-likeness (QED) is 0.355. The van der Waals surface area contributed by atoms with Crippen LogP contribution in [0.25, 0.3) is 0 Å². The molecule has 7 heavy (non-hydrogen) atoms. The second-order valence-electron chi connectivity index (χ2n) is 1.34. The third-order valence-corrected chi connectivity index (χ3v) is 0. The third kappa shape index (κ3) is 321. The third-order valence-electron chi connectivity index (χ3n) is 0. The molecule has 0 N–H and O–H groups in total. The van der Waals surface area contributed by atoms with Gasteiger partial charge in [0, 0.05) is 0 Å². The van der Waals surface area contributed by atoms with E-state index >= 15 is 0 Å². The van der Waals surface area contributed by atoms with Crippen LogP contribution in [-0.4, -0.2) is 26.0 Å². The molecule has 0 aliphatic heterocycles. The summed E-state index contributed by atoms with van der Waals surface area (Å²) in [4.78, 5) is 2.00. The maximum Gasteiger partial charge on any atom is 4.00 e. The Morgan fingerprint density at radius 2 is 1.00 bits per heavy atom. The van der Waals surface area contributed by atoms with Crippen molar-refractivity contribution in [1.82, 2.24) is 4.90 Å². The summed E-state index contributed by atoms with van der Waals surface area (Å²) in [7, 11) is 6.00. The van der Waals surface area contributed by atoms with E-state index in [-0.39, 0.29) is 21.7 Å². The normalized spacial score (nSPS) is 6.00. The molecule has 0 bridgehead atoms. The number of hydrogen-bond donors (Lipinski definition) is 0. The molecular weight excluding hydrogens is 122 g/mol. The SMILES string of the molecule is CN(C)C.[CH2-]C.[Ti+4]. The van der Waals surface area contributed by atoms with Crippen LogP contribution >= 0.6 is 0 Å². The second kappa shape index (κ2) is 15.9. The molecular formula is C5H14NTi+3. The van der Waals surface area contributed by atoms with Gasteiger partial charge in [-0.1, -0.05) is 0 Å². The zero-order chi connectivity index (χ0) is 5.58. The molecule has 0 amide bonds. The molecule has 0 unspecified atom stereocenters. The summed E-state index contributed by atoms with van der Waals surface area (Å²) >= 11 is 0. The largest absolute Gasteiger partial charge is 4.00 e. The van der Waals surface area contributed by atoms with E-state index in [1.165, 1.54) is 0 Å². The topological polar surface area (TPSA) is 3.24 Å². The van der Waals surface area contributed by atoms with Crippen molar-refractivity contribution in [2.45, 2.75) is 6.92 Å². The summed E-state index contributed by atoms with van der Waals surface area (Å²) in [6, 6.07) is 0. The Bertz CT molecular complexity index is 12.8. The molecule has 0 radical (unpaired) electrons. The predicted molar refractivity (Wildman–Crippen MR) is 30.6 cm³/mol. The molecule has 0 aromatic heterocycles. The van der Waals surface area contributed by atoms with Gasteiger partial charge in [-0.15, -0.1) is 0 Å². The number of rotatable bonds is 0. The van der Waals surface area contributed by atoms with E-state index in [0.29, 0.717) is 0 Å². The van der Waals surface area contributed by atoms with Crippen LogP contribution in [0.4, 0.5) is 0 Å². The van der Waals surface area contributed by atoms with Crippen LogP contribution in [0.2, 0.25) is 0 Å². The average Bonchev–Trinajstić information content (AvgIpc) is 1.41. The molecule has 40 valence electrons. The van der Waals surface area contributed by atoms with Gasteiger partial charge in [-0.05, 0) is 21.1 Å². The second-order valence-corrected chi connectivity index (χ2v) is 1.34. The van der Waals surface area contributed by atoms with Crippen LogP contribution in [-0.2, 0) is 21.7 Å². The summed E-state index contributed by atoms with van der Waals surface area (Å²) in [5, 5.41) is 0. The standard InChI is InChI=1S/C3H9N.C2H5.Ti/c1-4(2)3;1-2;/h1-3H3;1H2,2H3;/q;-1;+4. The minimum atomic E-state index is 0. The molecule has 0 spiro atoms. The average molecular weight is 136 g/mol. The molecule has 0 saturated carbocycles. The summed E-state index contributed by atoms with van der Waals surface area (Å²) in [6.07, 6.45) is 0. The molecule has 0 aromatic carbocycles. The van der Waals surface area contributed by atoms with Gasteiger partial charge >= 0.3 is 21.7 Å². The van der Waals surface area contributed by atoms with Crippen LogP contribution < -0.4 is 0 Å². The van der Waals surface area contributed by atoms with Gasteiger partial charge in [-0.3, -0.25) is 0 Å². The number of nitrogens with zero attached hydrogens (tertiary/aromatic N) is 1. The molecule has 0 saturated heterocycles. The Morgan fingerprint density at radius 1 is 1.00 bits per heavy atom. The van der Waals surface area contributed by atoms with E-state index in [0.717, 1.165) is 0 Å². The van der Waals surface area contributed by atoms with Crippen LogP contribution in [0, 0.1) is 6.92 Å². The van der Waals surface area contributed by atoms with E-state index in [2.05, 4.69) is 6.92 Å². The maximum absolute atomic E-state index is 3.25. The van der Waals surface area contributed by atoms with E-state index < -0.39 is 0 Å². The Morgan fingerprint density at radius 3 is 1.00 bits per heavy atom. The zero-order valence-corrected chi connectivity index (χ0v) is 7.22. The number of hydrogen-bond acceptors (Lipinski definition) is 1. The van der Waals surface area contributed by atoms with Crippen LogP contribution in [0.1, 0.15) is 6.92 Å². The van der Waals surface area contributed by atoms with Gasteiger partial charge in [-0.2, -0.15) is 6.92 Å². The van der Waals surface area contributed by atoms with Crippen molar-refractivity contribution >= 4 is 0 Å². The van der Waals surface area contributed by atoms with Gasteiger partial charge in [0.15, 0.2) is 0 Å². The fourth-order valence-corrected chi connectivity index (χ4v) is 0. The van der Waals surface area contributed by atoms with Gasteiger partial charge in [0.25, 0.3) is 0 Å². The molecule has 2 heteroatoms. The van der Waals surface area contributed by atoms with Crippen molar-refractivity contribution in [3.05, 3.63) is 6.92 Å². The summed E-state index contributed by atoms with van der Waals surface area (Å²) in [5.74, 6) is 0. The van der Waals surface area contributed by atoms with Gasteiger partial charge < -0.3 is 11.8 Å². The van der Waals surface area contributed by atoms with Gasteiger partial charge in [0.05, 0.1) is 0 Å². The van der Waals surface area contributed by atoms with E-state index in [1.54, 1.807) is 6.92 Å². The van der Waals surface area contributed by atoms with Crippen molar-refractivity contribution in [2.24, 2.45) is 0 Å². The fraction of sp³-hybridized carbons (Fsp3) is 0.800. The Kier molecular flexibility index (Phi) is 35.6. The maximum atomic E-state index is 3.25. The zero-order valence-electron chi connectivity index (χ0n) is 5.65. The Hall–Kier alpha value is 0.674. The summed E-state index contributed by atoms with van der Waals surface area (Å²) in [5.41, 5.74) is 0. The predicted octanol–water partition coefficient (Wildman–Crippen LogP) is 1.02. The molecule has 0 aliphatic carbocycles. The van der Waals surface area contributed by atoms with Gasteiger partial charge in [-0.25, -0.2) is 0 Å². The monoisotopic (exact) mass is 136 g/mol. The minimum Gasteiger partial charge on any atom is -0.346 e. The Balaban J connectivity index is -0.0000000480. The first-order valence-corrected chi connectivity index (χ1v) is 2.05. The molecule has 0 rings (SSSR count). The first-order valence-electron chi connectivity index (χ1n) is 2.05. The van der Waals surface area contributed by atoms with Crippen LogP contribution in [0.15, 0.2) is 0 Å².